The zero-order valence-electron chi connectivity index (χ0n) is 12.0. The average molecular weight is 287 g/mol. The van der Waals surface area contributed by atoms with E-state index in [2.05, 4.69) is 5.32 Å². The summed E-state index contributed by atoms with van der Waals surface area (Å²) in [5.74, 6) is -0.440. The molecule has 0 amide bonds. The molecule has 0 spiro atoms. The van der Waals surface area contributed by atoms with E-state index in [4.69, 9.17) is 4.74 Å². The summed E-state index contributed by atoms with van der Waals surface area (Å²) in [6.07, 6.45) is -3.83. The van der Waals surface area contributed by atoms with Crippen molar-refractivity contribution >= 4 is 0 Å². The standard InChI is InChI=1S/C15H20F3NO/c1-9-7-14(20-3)10(2)6-12(9)13-8-11(4-5-19-13)15(16,17)18/h6-7,11,13,19H,4-5,8H2,1-3H3. The van der Waals surface area contributed by atoms with E-state index in [-0.39, 0.29) is 18.9 Å². The number of nitrogens with one attached hydrogen (secondary N) is 1. The first-order chi connectivity index (χ1) is 9.32. The van der Waals surface area contributed by atoms with E-state index in [1.807, 2.05) is 26.0 Å². The molecule has 1 fully saturated rings. The molecular formula is C15H20F3NO. The summed E-state index contributed by atoms with van der Waals surface area (Å²) in [7, 11) is 1.60. The fourth-order valence-electron chi connectivity index (χ4n) is 2.86. The normalized spacial score (nSPS) is 23.7. The van der Waals surface area contributed by atoms with Crippen LogP contribution in [0, 0.1) is 19.8 Å². The molecule has 0 saturated carbocycles. The molecule has 1 aliphatic heterocycles. The van der Waals surface area contributed by atoms with Crippen molar-refractivity contribution in [3.63, 3.8) is 0 Å². The van der Waals surface area contributed by atoms with Gasteiger partial charge in [0.25, 0.3) is 0 Å². The lowest BCUT2D eigenvalue weighted by molar-refractivity contribution is -0.183. The number of piperidine rings is 1. The van der Waals surface area contributed by atoms with Gasteiger partial charge in [0.05, 0.1) is 13.0 Å². The largest absolute Gasteiger partial charge is 0.496 e. The number of rotatable bonds is 2. The summed E-state index contributed by atoms with van der Waals surface area (Å²) in [6, 6.07) is 3.59. The molecule has 1 saturated heterocycles. The predicted molar refractivity (Wildman–Crippen MR) is 72.0 cm³/mol. The minimum atomic E-state index is -4.10. The Bertz CT molecular complexity index is 485. The van der Waals surface area contributed by atoms with Gasteiger partial charge < -0.3 is 10.1 Å². The molecule has 112 valence electrons. The molecule has 1 aliphatic rings. The van der Waals surface area contributed by atoms with E-state index >= 15 is 0 Å². The van der Waals surface area contributed by atoms with Gasteiger partial charge in [-0.15, -0.1) is 0 Å². The molecule has 0 aliphatic carbocycles. The highest BCUT2D eigenvalue weighted by molar-refractivity contribution is 5.43. The van der Waals surface area contributed by atoms with E-state index in [1.165, 1.54) is 0 Å². The Balaban J connectivity index is 2.25. The Morgan fingerprint density at radius 3 is 2.50 bits per heavy atom. The summed E-state index contributed by atoms with van der Waals surface area (Å²) in [6.45, 7) is 4.22. The first-order valence-corrected chi connectivity index (χ1v) is 6.78. The second-order valence-corrected chi connectivity index (χ2v) is 5.45. The van der Waals surface area contributed by atoms with Crippen molar-refractivity contribution in [3.05, 3.63) is 28.8 Å². The van der Waals surface area contributed by atoms with Gasteiger partial charge in [-0.2, -0.15) is 13.2 Å². The molecule has 1 aromatic carbocycles. The number of alkyl halides is 3. The van der Waals surface area contributed by atoms with Crippen LogP contribution in [0.4, 0.5) is 13.2 Å². The van der Waals surface area contributed by atoms with Crippen LogP contribution in [-0.2, 0) is 0 Å². The van der Waals surface area contributed by atoms with Gasteiger partial charge in [0.2, 0.25) is 0 Å². The van der Waals surface area contributed by atoms with Crippen molar-refractivity contribution in [1.29, 1.82) is 0 Å². The summed E-state index contributed by atoms with van der Waals surface area (Å²) in [5.41, 5.74) is 2.86. The van der Waals surface area contributed by atoms with Crippen molar-refractivity contribution in [2.45, 2.75) is 38.9 Å². The van der Waals surface area contributed by atoms with Crippen molar-refractivity contribution in [3.8, 4) is 5.75 Å². The molecule has 0 bridgehead atoms. The smallest absolute Gasteiger partial charge is 0.391 e. The molecule has 20 heavy (non-hydrogen) atoms. The lowest BCUT2D eigenvalue weighted by Gasteiger charge is -2.33. The average Bonchev–Trinajstić information content (AvgIpc) is 2.40. The minimum Gasteiger partial charge on any atom is -0.496 e. The van der Waals surface area contributed by atoms with Crippen LogP contribution < -0.4 is 10.1 Å². The molecule has 2 unspecified atom stereocenters. The van der Waals surface area contributed by atoms with E-state index in [0.717, 1.165) is 22.4 Å². The Kier molecular flexibility index (Phi) is 4.28. The van der Waals surface area contributed by atoms with Gasteiger partial charge in [-0.05, 0) is 56.0 Å². The molecule has 5 heteroatoms. The first-order valence-electron chi connectivity index (χ1n) is 6.78. The number of aryl methyl sites for hydroxylation is 2. The highest BCUT2D eigenvalue weighted by atomic mass is 19.4. The SMILES string of the molecule is COc1cc(C)c(C2CC(C(F)(F)F)CCN2)cc1C. The summed E-state index contributed by atoms with van der Waals surface area (Å²) >= 11 is 0. The number of ether oxygens (including phenoxy) is 1. The molecule has 0 aromatic heterocycles. The number of halogens is 3. The highest BCUT2D eigenvalue weighted by Crippen LogP contribution is 2.39. The fourth-order valence-corrected chi connectivity index (χ4v) is 2.86. The van der Waals surface area contributed by atoms with Gasteiger partial charge in [-0.3, -0.25) is 0 Å². The zero-order valence-corrected chi connectivity index (χ0v) is 12.0. The summed E-state index contributed by atoms with van der Waals surface area (Å²) in [5, 5.41) is 3.20. The third kappa shape index (κ3) is 3.08. The summed E-state index contributed by atoms with van der Waals surface area (Å²) in [4.78, 5) is 0. The third-order valence-electron chi connectivity index (χ3n) is 4.03. The molecule has 2 rings (SSSR count). The van der Waals surface area contributed by atoms with Gasteiger partial charge in [-0.25, -0.2) is 0 Å². The maximum absolute atomic E-state index is 12.9. The molecule has 1 aromatic rings. The van der Waals surface area contributed by atoms with Gasteiger partial charge >= 0.3 is 6.18 Å². The monoisotopic (exact) mass is 287 g/mol. The van der Waals surface area contributed by atoms with Crippen molar-refractivity contribution in [2.24, 2.45) is 5.92 Å². The second-order valence-electron chi connectivity index (χ2n) is 5.45. The van der Waals surface area contributed by atoms with Crippen LogP contribution in [0.2, 0.25) is 0 Å². The predicted octanol–water partition coefficient (Wildman–Crippen LogP) is 3.92. The minimum absolute atomic E-state index is 0.107. The van der Waals surface area contributed by atoms with Gasteiger partial charge in [-0.1, -0.05) is 6.07 Å². The van der Waals surface area contributed by atoms with Gasteiger partial charge in [0.15, 0.2) is 0 Å². The molecule has 2 nitrogen and oxygen atoms in total. The lowest BCUT2D eigenvalue weighted by atomic mass is 9.86. The van der Waals surface area contributed by atoms with Crippen molar-refractivity contribution < 1.29 is 17.9 Å². The van der Waals surface area contributed by atoms with Crippen LogP contribution >= 0.6 is 0 Å². The van der Waals surface area contributed by atoms with E-state index in [9.17, 15) is 13.2 Å². The Labute approximate surface area is 117 Å². The highest BCUT2D eigenvalue weighted by Gasteiger charge is 2.42. The van der Waals surface area contributed by atoms with Crippen LogP contribution in [0.25, 0.3) is 0 Å². The quantitative estimate of drug-likeness (QED) is 0.890. The van der Waals surface area contributed by atoms with Crippen LogP contribution in [0.5, 0.6) is 5.75 Å². The van der Waals surface area contributed by atoms with E-state index < -0.39 is 12.1 Å². The first kappa shape index (κ1) is 15.2. The van der Waals surface area contributed by atoms with Crippen LogP contribution in [0.15, 0.2) is 12.1 Å². The molecular weight excluding hydrogens is 267 g/mol. The van der Waals surface area contributed by atoms with E-state index in [0.29, 0.717) is 6.54 Å². The Morgan fingerprint density at radius 2 is 1.90 bits per heavy atom. The fraction of sp³-hybridized carbons (Fsp3) is 0.600. The van der Waals surface area contributed by atoms with Gasteiger partial charge in [0.1, 0.15) is 5.75 Å². The number of hydrogen-bond donors (Lipinski definition) is 1. The van der Waals surface area contributed by atoms with Gasteiger partial charge in [0, 0.05) is 6.04 Å². The van der Waals surface area contributed by atoms with Crippen LogP contribution in [0.1, 0.15) is 35.6 Å². The maximum atomic E-state index is 12.9. The van der Waals surface area contributed by atoms with Crippen LogP contribution in [0.3, 0.4) is 0 Å². The summed E-state index contributed by atoms with van der Waals surface area (Å²) < 4.78 is 43.9. The maximum Gasteiger partial charge on any atom is 0.391 e. The Hall–Kier alpha value is -1.23. The third-order valence-corrected chi connectivity index (χ3v) is 4.03. The second kappa shape index (κ2) is 5.64. The number of benzene rings is 1. The van der Waals surface area contributed by atoms with Crippen molar-refractivity contribution in [2.75, 3.05) is 13.7 Å². The number of hydrogen-bond acceptors (Lipinski definition) is 2. The lowest BCUT2D eigenvalue weighted by Crippen LogP contribution is -2.38. The molecule has 1 N–H and O–H groups in total. The topological polar surface area (TPSA) is 21.3 Å². The van der Waals surface area contributed by atoms with E-state index in [1.54, 1.807) is 7.11 Å². The molecule has 0 radical (unpaired) electrons. The number of methoxy groups -OCH3 is 1. The zero-order chi connectivity index (χ0) is 14.9. The molecule has 1 heterocycles. The van der Waals surface area contributed by atoms with Crippen LogP contribution in [-0.4, -0.2) is 19.8 Å². The Morgan fingerprint density at radius 1 is 1.20 bits per heavy atom. The van der Waals surface area contributed by atoms with Crippen molar-refractivity contribution in [1.82, 2.24) is 5.32 Å². The molecule has 2 atom stereocenters.